The maximum atomic E-state index is 6.32. The molecule has 1 rings (SSSR count). The molecule has 1 fully saturated rings. The van der Waals surface area contributed by atoms with Gasteiger partial charge in [0.1, 0.15) is 0 Å². The fourth-order valence-electron chi connectivity index (χ4n) is 2.93. The van der Waals surface area contributed by atoms with Crippen LogP contribution < -0.4 is 5.73 Å². The summed E-state index contributed by atoms with van der Waals surface area (Å²) in [5.41, 5.74) is 6.32. The minimum absolute atomic E-state index is 0.447. The summed E-state index contributed by atoms with van der Waals surface area (Å²) in [5.74, 6) is 3.33. The second kappa shape index (κ2) is 5.89. The molecule has 15 heavy (non-hydrogen) atoms. The van der Waals surface area contributed by atoms with Crippen molar-refractivity contribution < 1.29 is 0 Å². The van der Waals surface area contributed by atoms with Gasteiger partial charge in [-0.1, -0.05) is 34.1 Å². The monoisotopic (exact) mass is 211 g/mol. The molecule has 1 aliphatic carbocycles. The van der Waals surface area contributed by atoms with Gasteiger partial charge in [0.05, 0.1) is 0 Å². The molecule has 2 unspecified atom stereocenters. The van der Waals surface area contributed by atoms with Crippen LogP contribution in [0.3, 0.4) is 0 Å². The quantitative estimate of drug-likeness (QED) is 0.751. The summed E-state index contributed by atoms with van der Waals surface area (Å²) in [6.45, 7) is 9.28. The average molecular weight is 211 g/mol. The molecule has 0 saturated heterocycles. The predicted molar refractivity (Wildman–Crippen MR) is 67.7 cm³/mol. The van der Waals surface area contributed by atoms with E-state index in [1.54, 1.807) is 0 Å². The number of hydrogen-bond donors (Lipinski definition) is 1. The first-order valence-corrected chi connectivity index (χ1v) is 6.81. The zero-order chi connectivity index (χ0) is 11.4. The van der Waals surface area contributed by atoms with E-state index in [1.807, 2.05) is 0 Å². The Bertz CT molecular complexity index is 168. The molecule has 0 radical (unpaired) electrons. The largest absolute Gasteiger partial charge is 0.327 e. The Hall–Kier alpha value is -0.0400. The molecule has 1 saturated carbocycles. The highest BCUT2D eigenvalue weighted by atomic mass is 14.7. The van der Waals surface area contributed by atoms with E-state index >= 15 is 0 Å². The summed E-state index contributed by atoms with van der Waals surface area (Å²) in [6.07, 6.45) is 6.78. The van der Waals surface area contributed by atoms with Gasteiger partial charge in [-0.3, -0.25) is 0 Å². The van der Waals surface area contributed by atoms with Crippen molar-refractivity contribution >= 4 is 0 Å². The van der Waals surface area contributed by atoms with Gasteiger partial charge in [-0.2, -0.15) is 0 Å². The zero-order valence-corrected chi connectivity index (χ0v) is 11.0. The second-order valence-corrected chi connectivity index (χ2v) is 5.88. The smallest absolute Gasteiger partial charge is 0.00928 e. The van der Waals surface area contributed by atoms with Crippen molar-refractivity contribution in [1.82, 2.24) is 0 Å². The maximum absolute atomic E-state index is 6.32. The lowest BCUT2D eigenvalue weighted by molar-refractivity contribution is 0.180. The number of rotatable bonds is 4. The van der Waals surface area contributed by atoms with Crippen LogP contribution >= 0.6 is 0 Å². The first-order valence-electron chi connectivity index (χ1n) is 6.81. The first kappa shape index (κ1) is 13.0. The highest BCUT2D eigenvalue weighted by Crippen LogP contribution is 2.35. The van der Waals surface area contributed by atoms with Crippen LogP contribution in [-0.4, -0.2) is 6.04 Å². The van der Waals surface area contributed by atoms with Gasteiger partial charge in [0.25, 0.3) is 0 Å². The molecule has 1 nitrogen and oxygen atoms in total. The standard InChI is InChI=1S/C14H29N/c1-5-11(4)14(15)13-8-6-12(7-9-13)10(2)3/h10-14H,5-9,15H2,1-4H3. The van der Waals surface area contributed by atoms with Crippen molar-refractivity contribution in [2.75, 3.05) is 0 Å². The van der Waals surface area contributed by atoms with Crippen LogP contribution in [0.1, 0.15) is 59.8 Å². The van der Waals surface area contributed by atoms with Gasteiger partial charge < -0.3 is 5.73 Å². The topological polar surface area (TPSA) is 26.0 Å². The van der Waals surface area contributed by atoms with E-state index in [4.69, 9.17) is 5.73 Å². The lowest BCUT2D eigenvalue weighted by atomic mass is 9.72. The van der Waals surface area contributed by atoms with Crippen LogP contribution in [0.25, 0.3) is 0 Å². The molecular formula is C14H29N. The van der Waals surface area contributed by atoms with Crippen molar-refractivity contribution in [2.24, 2.45) is 29.4 Å². The molecule has 0 aromatic carbocycles. The lowest BCUT2D eigenvalue weighted by Gasteiger charge is -2.36. The predicted octanol–water partition coefficient (Wildman–Crippen LogP) is 3.82. The summed E-state index contributed by atoms with van der Waals surface area (Å²) in [5, 5.41) is 0. The van der Waals surface area contributed by atoms with Crippen LogP contribution in [0.5, 0.6) is 0 Å². The van der Waals surface area contributed by atoms with Crippen LogP contribution in [0, 0.1) is 23.7 Å². The molecule has 0 bridgehead atoms. The molecule has 0 spiro atoms. The fraction of sp³-hybridized carbons (Fsp3) is 1.00. The summed E-state index contributed by atoms with van der Waals surface area (Å²) in [6, 6.07) is 0.447. The highest BCUT2D eigenvalue weighted by molar-refractivity contribution is 4.83. The molecule has 2 N–H and O–H groups in total. The van der Waals surface area contributed by atoms with Gasteiger partial charge in [-0.15, -0.1) is 0 Å². The minimum atomic E-state index is 0.447. The van der Waals surface area contributed by atoms with Crippen molar-refractivity contribution in [3.05, 3.63) is 0 Å². The molecule has 1 heteroatoms. The summed E-state index contributed by atoms with van der Waals surface area (Å²) >= 11 is 0. The molecule has 1 aliphatic rings. The number of nitrogens with two attached hydrogens (primary N) is 1. The average Bonchev–Trinajstić information content (AvgIpc) is 2.27. The summed E-state index contributed by atoms with van der Waals surface area (Å²) in [4.78, 5) is 0. The third kappa shape index (κ3) is 3.48. The van der Waals surface area contributed by atoms with Crippen LogP contribution in [0.15, 0.2) is 0 Å². The molecule has 90 valence electrons. The fourth-order valence-corrected chi connectivity index (χ4v) is 2.93. The van der Waals surface area contributed by atoms with Crippen LogP contribution in [-0.2, 0) is 0 Å². The molecule has 0 aromatic heterocycles. The van der Waals surface area contributed by atoms with Gasteiger partial charge in [0, 0.05) is 6.04 Å². The summed E-state index contributed by atoms with van der Waals surface area (Å²) in [7, 11) is 0. The highest BCUT2D eigenvalue weighted by Gasteiger charge is 2.28. The first-order chi connectivity index (χ1) is 7.06. The van der Waals surface area contributed by atoms with E-state index in [0.717, 1.165) is 17.8 Å². The van der Waals surface area contributed by atoms with E-state index in [1.165, 1.54) is 32.1 Å². The second-order valence-electron chi connectivity index (χ2n) is 5.88. The van der Waals surface area contributed by atoms with E-state index in [2.05, 4.69) is 27.7 Å². The van der Waals surface area contributed by atoms with E-state index in [0.29, 0.717) is 12.0 Å². The van der Waals surface area contributed by atoms with Crippen molar-refractivity contribution in [2.45, 2.75) is 65.8 Å². The Morgan fingerprint density at radius 2 is 1.47 bits per heavy atom. The SMILES string of the molecule is CCC(C)C(N)C1CCC(C(C)C)CC1. The molecule has 2 atom stereocenters. The van der Waals surface area contributed by atoms with Gasteiger partial charge >= 0.3 is 0 Å². The number of hydrogen-bond acceptors (Lipinski definition) is 1. The Morgan fingerprint density at radius 1 is 1.00 bits per heavy atom. The molecular weight excluding hydrogens is 182 g/mol. The van der Waals surface area contributed by atoms with Gasteiger partial charge in [-0.25, -0.2) is 0 Å². The van der Waals surface area contributed by atoms with Crippen LogP contribution in [0.2, 0.25) is 0 Å². The Balaban J connectivity index is 2.36. The molecule has 0 aromatic rings. The molecule has 0 aliphatic heterocycles. The summed E-state index contributed by atoms with van der Waals surface area (Å²) < 4.78 is 0. The van der Waals surface area contributed by atoms with Gasteiger partial charge in [0.2, 0.25) is 0 Å². The maximum Gasteiger partial charge on any atom is 0.00928 e. The van der Waals surface area contributed by atoms with Gasteiger partial charge in [0.15, 0.2) is 0 Å². The lowest BCUT2D eigenvalue weighted by Crippen LogP contribution is -2.38. The Morgan fingerprint density at radius 3 is 1.87 bits per heavy atom. The third-order valence-corrected chi connectivity index (χ3v) is 4.60. The van der Waals surface area contributed by atoms with Crippen LogP contribution in [0.4, 0.5) is 0 Å². The van der Waals surface area contributed by atoms with Gasteiger partial charge in [-0.05, 0) is 49.4 Å². The Labute approximate surface area is 95.8 Å². The van der Waals surface area contributed by atoms with E-state index in [9.17, 15) is 0 Å². The van der Waals surface area contributed by atoms with E-state index < -0.39 is 0 Å². The Kier molecular flexibility index (Phi) is 5.11. The normalized spacial score (nSPS) is 31.6. The molecule has 0 amide bonds. The zero-order valence-electron chi connectivity index (χ0n) is 11.0. The van der Waals surface area contributed by atoms with E-state index in [-0.39, 0.29) is 0 Å². The third-order valence-electron chi connectivity index (χ3n) is 4.60. The van der Waals surface area contributed by atoms with Crippen molar-refractivity contribution in [1.29, 1.82) is 0 Å². The molecule has 0 heterocycles. The minimum Gasteiger partial charge on any atom is -0.327 e. The van der Waals surface area contributed by atoms with Crippen molar-refractivity contribution in [3.63, 3.8) is 0 Å². The van der Waals surface area contributed by atoms with Crippen molar-refractivity contribution in [3.8, 4) is 0 Å².